The number of nitrogens with one attached hydrogen (secondary N) is 2. The number of rotatable bonds is 3. The molecule has 0 aliphatic heterocycles. The minimum absolute atomic E-state index is 0.0872. The third kappa shape index (κ3) is 2.33. The number of benzene rings is 1. The van der Waals surface area contributed by atoms with Gasteiger partial charge in [-0.25, -0.2) is 0 Å². The van der Waals surface area contributed by atoms with Crippen LogP contribution in [-0.2, 0) is 6.54 Å². The molecule has 2 heterocycles. The van der Waals surface area contributed by atoms with Gasteiger partial charge in [0.1, 0.15) is 0 Å². The lowest BCUT2D eigenvalue weighted by atomic mass is 10.1. The molecule has 0 unspecified atom stereocenters. The van der Waals surface area contributed by atoms with Gasteiger partial charge < -0.3 is 10.3 Å². The zero-order chi connectivity index (χ0) is 13.1. The molecule has 0 aliphatic carbocycles. The van der Waals surface area contributed by atoms with E-state index in [1.54, 1.807) is 6.20 Å². The van der Waals surface area contributed by atoms with Gasteiger partial charge in [-0.15, -0.1) is 0 Å². The van der Waals surface area contributed by atoms with Crippen LogP contribution in [0, 0.1) is 0 Å². The molecule has 0 bridgehead atoms. The van der Waals surface area contributed by atoms with Gasteiger partial charge in [0.2, 0.25) is 0 Å². The second kappa shape index (κ2) is 4.94. The average Bonchev–Trinajstić information content (AvgIpc) is 2.94. The van der Waals surface area contributed by atoms with Gasteiger partial charge in [0.05, 0.1) is 12.2 Å². The van der Waals surface area contributed by atoms with E-state index in [4.69, 9.17) is 0 Å². The van der Waals surface area contributed by atoms with Crippen molar-refractivity contribution in [2.24, 2.45) is 0 Å². The van der Waals surface area contributed by atoms with Crippen molar-refractivity contribution in [2.45, 2.75) is 6.54 Å². The van der Waals surface area contributed by atoms with Gasteiger partial charge in [-0.3, -0.25) is 9.78 Å². The molecule has 2 aromatic heterocycles. The lowest BCUT2D eigenvalue weighted by Gasteiger charge is -2.05. The Bertz CT molecular complexity index is 703. The highest BCUT2D eigenvalue weighted by molar-refractivity contribution is 6.06. The highest BCUT2D eigenvalue weighted by Gasteiger charge is 2.09. The maximum Gasteiger partial charge on any atom is 0.252 e. The number of nitrogens with zero attached hydrogens (tertiary/aromatic N) is 1. The van der Waals surface area contributed by atoms with Crippen molar-refractivity contribution in [3.05, 3.63) is 66.1 Å². The third-order valence-electron chi connectivity index (χ3n) is 3.00. The molecule has 0 spiro atoms. The maximum absolute atomic E-state index is 12.2. The molecule has 19 heavy (non-hydrogen) atoms. The van der Waals surface area contributed by atoms with Crippen molar-refractivity contribution in [1.29, 1.82) is 0 Å². The van der Waals surface area contributed by atoms with Crippen LogP contribution in [0.25, 0.3) is 10.9 Å². The lowest BCUT2D eigenvalue weighted by Crippen LogP contribution is -2.23. The van der Waals surface area contributed by atoms with E-state index < -0.39 is 0 Å². The Hall–Kier alpha value is -2.62. The van der Waals surface area contributed by atoms with Crippen molar-refractivity contribution in [3.8, 4) is 0 Å². The summed E-state index contributed by atoms with van der Waals surface area (Å²) in [6, 6.07) is 13.2. The fraction of sp³-hybridized carbons (Fsp3) is 0.0667. The molecule has 0 radical (unpaired) electrons. The zero-order valence-corrected chi connectivity index (χ0v) is 10.3. The molecule has 1 aromatic carbocycles. The standard InChI is InChI=1S/C15H13N3O/c19-15(18-10-11-4-1-2-8-16-11)13-5-3-6-14-12(13)7-9-17-14/h1-9,17H,10H2,(H,18,19). The number of fused-ring (bicyclic) bond motifs is 1. The van der Waals surface area contributed by atoms with Crippen molar-refractivity contribution < 1.29 is 4.79 Å². The summed E-state index contributed by atoms with van der Waals surface area (Å²) in [6.07, 6.45) is 3.55. The molecule has 0 atom stereocenters. The highest BCUT2D eigenvalue weighted by Crippen LogP contribution is 2.17. The largest absolute Gasteiger partial charge is 0.361 e. The van der Waals surface area contributed by atoms with E-state index in [1.807, 2.05) is 48.7 Å². The number of H-pyrrole nitrogens is 1. The molecule has 0 saturated carbocycles. The van der Waals surface area contributed by atoms with Gasteiger partial charge in [-0.2, -0.15) is 0 Å². The molecule has 1 amide bonds. The highest BCUT2D eigenvalue weighted by atomic mass is 16.1. The van der Waals surface area contributed by atoms with Crippen LogP contribution in [0.15, 0.2) is 54.9 Å². The van der Waals surface area contributed by atoms with Gasteiger partial charge in [0, 0.05) is 28.9 Å². The molecule has 4 heteroatoms. The summed E-state index contributed by atoms with van der Waals surface area (Å²) in [5.74, 6) is -0.0872. The first kappa shape index (κ1) is 11.5. The molecule has 4 nitrogen and oxygen atoms in total. The van der Waals surface area contributed by atoms with Crippen LogP contribution in [0.4, 0.5) is 0 Å². The summed E-state index contributed by atoms with van der Waals surface area (Å²) in [6.45, 7) is 0.431. The first-order chi connectivity index (χ1) is 9.34. The van der Waals surface area contributed by atoms with Crippen LogP contribution in [0.2, 0.25) is 0 Å². The van der Waals surface area contributed by atoms with Crippen molar-refractivity contribution in [2.75, 3.05) is 0 Å². The van der Waals surface area contributed by atoms with Crippen LogP contribution in [0.5, 0.6) is 0 Å². The first-order valence-corrected chi connectivity index (χ1v) is 6.09. The molecular weight excluding hydrogens is 238 g/mol. The van der Waals surface area contributed by atoms with Crippen LogP contribution < -0.4 is 5.32 Å². The van der Waals surface area contributed by atoms with Gasteiger partial charge in [-0.1, -0.05) is 12.1 Å². The van der Waals surface area contributed by atoms with Gasteiger partial charge in [0.15, 0.2) is 0 Å². The fourth-order valence-electron chi connectivity index (χ4n) is 2.05. The first-order valence-electron chi connectivity index (χ1n) is 6.09. The summed E-state index contributed by atoms with van der Waals surface area (Å²) >= 11 is 0. The van der Waals surface area contributed by atoms with Crippen LogP contribution in [-0.4, -0.2) is 15.9 Å². The predicted octanol–water partition coefficient (Wildman–Crippen LogP) is 2.49. The van der Waals surface area contributed by atoms with Crippen LogP contribution in [0.3, 0.4) is 0 Å². The van der Waals surface area contributed by atoms with Crippen molar-refractivity contribution >= 4 is 16.8 Å². The van der Waals surface area contributed by atoms with E-state index in [1.165, 1.54) is 0 Å². The minimum Gasteiger partial charge on any atom is -0.361 e. The lowest BCUT2D eigenvalue weighted by molar-refractivity contribution is 0.0952. The summed E-state index contributed by atoms with van der Waals surface area (Å²) < 4.78 is 0. The van der Waals surface area contributed by atoms with Gasteiger partial charge in [-0.05, 0) is 30.3 Å². The summed E-state index contributed by atoms with van der Waals surface area (Å²) in [7, 11) is 0. The van der Waals surface area contributed by atoms with E-state index in [0.29, 0.717) is 12.1 Å². The Morgan fingerprint density at radius 2 is 2.11 bits per heavy atom. The molecule has 2 N–H and O–H groups in total. The minimum atomic E-state index is -0.0872. The van der Waals surface area contributed by atoms with E-state index in [9.17, 15) is 4.79 Å². The van der Waals surface area contributed by atoms with Crippen molar-refractivity contribution in [1.82, 2.24) is 15.3 Å². The van der Waals surface area contributed by atoms with E-state index >= 15 is 0 Å². The Morgan fingerprint density at radius 3 is 2.95 bits per heavy atom. The van der Waals surface area contributed by atoms with Crippen molar-refractivity contribution in [3.63, 3.8) is 0 Å². The number of hydrogen-bond donors (Lipinski definition) is 2. The molecule has 0 saturated heterocycles. The van der Waals surface area contributed by atoms with Gasteiger partial charge in [0.25, 0.3) is 5.91 Å². The molecular formula is C15H13N3O. The SMILES string of the molecule is O=C(NCc1ccccn1)c1cccc2[nH]ccc12. The van der Waals surface area contributed by atoms with Crippen LogP contribution >= 0.6 is 0 Å². The van der Waals surface area contributed by atoms with E-state index in [0.717, 1.165) is 16.6 Å². The number of pyridine rings is 1. The smallest absolute Gasteiger partial charge is 0.252 e. The quantitative estimate of drug-likeness (QED) is 0.751. The second-order valence-corrected chi connectivity index (χ2v) is 4.25. The normalized spacial score (nSPS) is 10.5. The predicted molar refractivity (Wildman–Crippen MR) is 73.7 cm³/mol. The summed E-state index contributed by atoms with van der Waals surface area (Å²) in [4.78, 5) is 19.4. The molecule has 94 valence electrons. The molecule has 0 aliphatic rings. The Balaban J connectivity index is 1.79. The topological polar surface area (TPSA) is 57.8 Å². The van der Waals surface area contributed by atoms with E-state index in [-0.39, 0.29) is 5.91 Å². The Kier molecular flexibility index (Phi) is 2.98. The Labute approximate surface area is 110 Å². The summed E-state index contributed by atoms with van der Waals surface area (Å²) in [5.41, 5.74) is 2.48. The number of amides is 1. The zero-order valence-electron chi connectivity index (χ0n) is 10.3. The number of aromatic amines is 1. The average molecular weight is 251 g/mol. The second-order valence-electron chi connectivity index (χ2n) is 4.25. The van der Waals surface area contributed by atoms with Gasteiger partial charge >= 0.3 is 0 Å². The number of aromatic nitrogens is 2. The maximum atomic E-state index is 12.2. The van der Waals surface area contributed by atoms with Crippen LogP contribution in [0.1, 0.15) is 16.1 Å². The summed E-state index contributed by atoms with van der Waals surface area (Å²) in [5, 5.41) is 3.81. The third-order valence-corrected chi connectivity index (χ3v) is 3.00. The number of carbonyl (C=O) groups is 1. The number of hydrogen-bond acceptors (Lipinski definition) is 2. The Morgan fingerprint density at radius 1 is 1.16 bits per heavy atom. The number of carbonyl (C=O) groups excluding carboxylic acids is 1. The molecule has 3 rings (SSSR count). The molecule has 0 fully saturated rings. The fourth-order valence-corrected chi connectivity index (χ4v) is 2.05. The van der Waals surface area contributed by atoms with E-state index in [2.05, 4.69) is 15.3 Å². The monoisotopic (exact) mass is 251 g/mol. The molecule has 3 aromatic rings.